The van der Waals surface area contributed by atoms with Crippen LogP contribution in [-0.2, 0) is 24.1 Å². The quantitative estimate of drug-likeness (QED) is 0.130. The zero-order valence-corrected chi connectivity index (χ0v) is 24.2. The molecule has 8 heteroatoms. The number of aliphatic carboxylic acids is 1. The highest BCUT2D eigenvalue weighted by Gasteiger charge is 2.27. The van der Waals surface area contributed by atoms with E-state index in [4.69, 9.17) is 19.7 Å². The Balaban J connectivity index is 1.36. The smallest absolute Gasteiger partial charge is 0.493 e. The van der Waals surface area contributed by atoms with Gasteiger partial charge < -0.3 is 19.7 Å². The number of benzene rings is 2. The number of rotatable bonds is 17. The second kappa shape index (κ2) is 16.5. The number of pyridine rings is 1. The average molecular weight is 575 g/mol. The molecule has 1 heterocycles. The lowest BCUT2D eigenvalue weighted by Crippen LogP contribution is -2.34. The van der Waals surface area contributed by atoms with E-state index in [0.717, 1.165) is 93.4 Å². The summed E-state index contributed by atoms with van der Waals surface area (Å²) >= 11 is 0. The first-order valence-corrected chi connectivity index (χ1v) is 15.1. The van der Waals surface area contributed by atoms with Crippen LogP contribution in [0.5, 0.6) is 11.6 Å². The van der Waals surface area contributed by atoms with E-state index in [1.807, 2.05) is 30.3 Å². The molecule has 0 aliphatic heterocycles. The van der Waals surface area contributed by atoms with Crippen LogP contribution in [0.2, 0.25) is 0 Å². The predicted molar refractivity (Wildman–Crippen MR) is 161 cm³/mol. The topological polar surface area (TPSA) is 109 Å². The molecule has 42 heavy (non-hydrogen) atoms. The number of carbonyl (C=O) groups is 2. The Bertz CT molecular complexity index is 1280. The van der Waals surface area contributed by atoms with Gasteiger partial charge in [-0.15, -0.1) is 0 Å². The molecule has 0 amide bonds. The van der Waals surface area contributed by atoms with E-state index >= 15 is 0 Å². The number of carboxylic acid groups (broad SMARTS) is 2. The molecule has 1 atom stereocenters. The van der Waals surface area contributed by atoms with E-state index in [0.29, 0.717) is 13.0 Å². The van der Waals surface area contributed by atoms with E-state index in [-0.39, 0.29) is 18.3 Å². The third-order valence-electron chi connectivity index (χ3n) is 7.80. The molecular formula is C34H42N2O6. The van der Waals surface area contributed by atoms with Crippen molar-refractivity contribution in [1.82, 2.24) is 9.88 Å². The minimum absolute atomic E-state index is 0.0982. The fraction of sp³-hybridized carbons (Fsp3) is 0.441. The largest absolute Gasteiger partial charge is 0.512 e. The molecule has 2 aromatic carbocycles. The Morgan fingerprint density at radius 1 is 0.857 bits per heavy atom. The summed E-state index contributed by atoms with van der Waals surface area (Å²) < 4.78 is 11.0. The molecule has 2 N–H and O–H groups in total. The molecule has 0 saturated carbocycles. The van der Waals surface area contributed by atoms with Crippen molar-refractivity contribution in [2.45, 2.75) is 76.7 Å². The standard InChI is InChI=1S/C34H42N2O6/c37-33(38)19-8-9-23-36(30-17-11-16-29-28(30)20-21-32(35-29)42-34(39)40)24-22-27-15-6-7-18-31(27)41-25-10-2-5-14-26-12-3-1-4-13-26/h1,3-4,6-7,12-13,15,18,20-21,30H,2,5,8-11,14,16-17,19,22-25H2,(H,37,38)(H,39,40). The van der Waals surface area contributed by atoms with Crippen LogP contribution in [0, 0.1) is 0 Å². The first-order chi connectivity index (χ1) is 20.5. The van der Waals surface area contributed by atoms with Crippen molar-refractivity contribution in [2.75, 3.05) is 19.7 Å². The Hall–Kier alpha value is -3.91. The normalized spacial score (nSPS) is 14.4. The van der Waals surface area contributed by atoms with Crippen LogP contribution in [0.25, 0.3) is 0 Å². The number of carboxylic acids is 1. The summed E-state index contributed by atoms with van der Waals surface area (Å²) in [5, 5.41) is 18.1. The molecular weight excluding hydrogens is 532 g/mol. The maximum atomic E-state index is 11.1. The summed E-state index contributed by atoms with van der Waals surface area (Å²) in [5.74, 6) is 0.250. The van der Waals surface area contributed by atoms with Gasteiger partial charge in [-0.3, -0.25) is 9.69 Å². The first kappa shape index (κ1) is 31.0. The minimum atomic E-state index is -1.37. The van der Waals surface area contributed by atoms with E-state index in [2.05, 4.69) is 40.2 Å². The highest BCUT2D eigenvalue weighted by atomic mass is 16.7. The van der Waals surface area contributed by atoms with Crippen molar-refractivity contribution >= 4 is 12.1 Å². The van der Waals surface area contributed by atoms with E-state index < -0.39 is 12.1 Å². The third kappa shape index (κ3) is 9.87. The van der Waals surface area contributed by atoms with Gasteiger partial charge in [-0.1, -0.05) is 54.6 Å². The van der Waals surface area contributed by atoms with E-state index in [1.165, 1.54) is 5.56 Å². The fourth-order valence-electron chi connectivity index (χ4n) is 5.70. The summed E-state index contributed by atoms with van der Waals surface area (Å²) in [4.78, 5) is 29.0. The highest BCUT2D eigenvalue weighted by molar-refractivity contribution is 5.66. The second-order valence-corrected chi connectivity index (χ2v) is 10.9. The summed E-state index contributed by atoms with van der Waals surface area (Å²) in [7, 11) is 0. The van der Waals surface area contributed by atoms with Crippen molar-refractivity contribution in [3.8, 4) is 11.6 Å². The van der Waals surface area contributed by atoms with Gasteiger partial charge in [0.2, 0.25) is 5.88 Å². The van der Waals surface area contributed by atoms with Crippen molar-refractivity contribution < 1.29 is 29.3 Å². The molecule has 0 radical (unpaired) electrons. The highest BCUT2D eigenvalue weighted by Crippen LogP contribution is 2.35. The number of aryl methyl sites for hydroxylation is 2. The summed E-state index contributed by atoms with van der Waals surface area (Å²) in [6, 6.07) is 22.5. The van der Waals surface area contributed by atoms with Crippen LogP contribution < -0.4 is 9.47 Å². The first-order valence-electron chi connectivity index (χ1n) is 15.1. The molecule has 1 aromatic heterocycles. The SMILES string of the molecule is O=C(O)CCCCN(CCc1ccccc1OCCCCCc1ccccc1)C1CCCc2nc(OC(=O)O)ccc21. The van der Waals surface area contributed by atoms with Crippen molar-refractivity contribution in [3.05, 3.63) is 89.1 Å². The Morgan fingerprint density at radius 2 is 1.67 bits per heavy atom. The third-order valence-corrected chi connectivity index (χ3v) is 7.80. The van der Waals surface area contributed by atoms with Gasteiger partial charge in [0.15, 0.2) is 0 Å². The molecule has 0 spiro atoms. The van der Waals surface area contributed by atoms with Gasteiger partial charge in [-0.25, -0.2) is 9.78 Å². The number of hydrogen-bond acceptors (Lipinski definition) is 6. The zero-order chi connectivity index (χ0) is 29.6. The van der Waals surface area contributed by atoms with Crippen LogP contribution in [0.4, 0.5) is 4.79 Å². The van der Waals surface area contributed by atoms with E-state index in [1.54, 1.807) is 6.07 Å². The molecule has 0 bridgehead atoms. The van der Waals surface area contributed by atoms with Gasteiger partial charge >= 0.3 is 12.1 Å². The van der Waals surface area contributed by atoms with Crippen molar-refractivity contribution in [2.24, 2.45) is 0 Å². The second-order valence-electron chi connectivity index (χ2n) is 10.9. The zero-order valence-electron chi connectivity index (χ0n) is 24.2. The number of aromatic nitrogens is 1. The van der Waals surface area contributed by atoms with Crippen LogP contribution in [0.15, 0.2) is 66.7 Å². The monoisotopic (exact) mass is 574 g/mol. The number of para-hydroxylation sites is 1. The Kier molecular flexibility index (Phi) is 12.2. The lowest BCUT2D eigenvalue weighted by atomic mass is 9.89. The number of unbranched alkanes of at least 4 members (excludes halogenated alkanes) is 3. The molecule has 1 aliphatic carbocycles. The van der Waals surface area contributed by atoms with Crippen LogP contribution >= 0.6 is 0 Å². The lowest BCUT2D eigenvalue weighted by Gasteiger charge is -2.36. The maximum absolute atomic E-state index is 11.1. The maximum Gasteiger partial charge on any atom is 0.512 e. The Labute approximate surface area is 248 Å². The van der Waals surface area contributed by atoms with Gasteiger partial charge in [-0.05, 0) is 93.5 Å². The van der Waals surface area contributed by atoms with E-state index in [9.17, 15) is 9.59 Å². The Morgan fingerprint density at radius 3 is 2.48 bits per heavy atom. The van der Waals surface area contributed by atoms with Gasteiger partial charge in [0.05, 0.1) is 6.61 Å². The van der Waals surface area contributed by atoms with Gasteiger partial charge in [0.1, 0.15) is 5.75 Å². The molecule has 0 saturated heterocycles. The number of hydrogen-bond donors (Lipinski definition) is 2. The average Bonchev–Trinajstić information content (AvgIpc) is 2.99. The predicted octanol–water partition coefficient (Wildman–Crippen LogP) is 7.11. The molecule has 8 nitrogen and oxygen atoms in total. The molecule has 3 aromatic rings. The molecule has 224 valence electrons. The molecule has 0 fully saturated rings. The van der Waals surface area contributed by atoms with Crippen LogP contribution in [-0.4, -0.2) is 51.9 Å². The summed E-state index contributed by atoms with van der Waals surface area (Å²) in [6.07, 6.45) is 8.06. The van der Waals surface area contributed by atoms with Crippen LogP contribution in [0.3, 0.4) is 0 Å². The summed E-state index contributed by atoms with van der Waals surface area (Å²) in [6.45, 7) is 2.25. The minimum Gasteiger partial charge on any atom is -0.493 e. The lowest BCUT2D eigenvalue weighted by molar-refractivity contribution is -0.137. The number of ether oxygens (including phenoxy) is 2. The number of nitrogens with zero attached hydrogens (tertiary/aromatic N) is 2. The van der Waals surface area contributed by atoms with Gasteiger partial charge in [0.25, 0.3) is 0 Å². The van der Waals surface area contributed by atoms with Crippen molar-refractivity contribution in [1.29, 1.82) is 0 Å². The van der Waals surface area contributed by atoms with Crippen molar-refractivity contribution in [3.63, 3.8) is 0 Å². The molecule has 1 unspecified atom stereocenters. The fourth-order valence-corrected chi connectivity index (χ4v) is 5.70. The van der Waals surface area contributed by atoms with Gasteiger partial charge in [0, 0.05) is 30.8 Å². The van der Waals surface area contributed by atoms with Gasteiger partial charge in [-0.2, -0.15) is 0 Å². The summed E-state index contributed by atoms with van der Waals surface area (Å²) in [5.41, 5.74) is 4.51. The molecule has 4 rings (SSSR count). The molecule has 1 aliphatic rings. The van der Waals surface area contributed by atoms with Crippen LogP contribution in [0.1, 0.15) is 79.8 Å². The number of fused-ring (bicyclic) bond motifs is 1.